The van der Waals surface area contributed by atoms with E-state index in [-0.39, 0.29) is 11.7 Å². The van der Waals surface area contributed by atoms with Crippen LogP contribution in [-0.2, 0) is 4.79 Å². The van der Waals surface area contributed by atoms with Gasteiger partial charge in [-0.2, -0.15) is 0 Å². The second kappa shape index (κ2) is 5.94. The molecule has 1 aliphatic heterocycles. The molecule has 0 bridgehead atoms. The molecule has 1 heterocycles. The lowest BCUT2D eigenvalue weighted by atomic mass is 9.93. The first-order valence-electron chi connectivity index (χ1n) is 6.25. The van der Waals surface area contributed by atoms with E-state index >= 15 is 0 Å². The van der Waals surface area contributed by atoms with E-state index in [0.717, 1.165) is 31.6 Å². The van der Waals surface area contributed by atoms with Crippen molar-refractivity contribution in [1.29, 1.82) is 0 Å². The van der Waals surface area contributed by atoms with Crippen LogP contribution in [0.15, 0.2) is 12.1 Å². The van der Waals surface area contributed by atoms with Crippen LogP contribution >= 0.6 is 22.6 Å². The zero-order valence-corrected chi connectivity index (χ0v) is 12.7. The molecule has 4 nitrogen and oxygen atoms in total. The zero-order valence-electron chi connectivity index (χ0n) is 10.5. The molecule has 0 atom stereocenters. The highest BCUT2D eigenvalue weighted by Crippen LogP contribution is 2.31. The third-order valence-electron chi connectivity index (χ3n) is 3.51. The van der Waals surface area contributed by atoms with Crippen molar-refractivity contribution < 1.29 is 9.18 Å². The van der Waals surface area contributed by atoms with Gasteiger partial charge in [-0.3, -0.25) is 4.79 Å². The molecule has 0 unspecified atom stereocenters. The standard InChI is InChI=1S/C13H17FIN3O/c14-9-6-12(11(16)7-10(9)15)18-3-1-8(2-4-18)5-13(17)19/h6-8H,1-5,16H2,(H2,17,19). The fourth-order valence-electron chi connectivity index (χ4n) is 2.49. The molecule has 0 saturated carbocycles. The number of anilines is 2. The number of benzene rings is 1. The molecule has 104 valence electrons. The van der Waals surface area contributed by atoms with Gasteiger partial charge in [0.2, 0.25) is 5.91 Å². The summed E-state index contributed by atoms with van der Waals surface area (Å²) in [6, 6.07) is 3.15. The number of amides is 1. The Morgan fingerprint density at radius 3 is 2.63 bits per heavy atom. The van der Waals surface area contributed by atoms with Gasteiger partial charge < -0.3 is 16.4 Å². The van der Waals surface area contributed by atoms with Crippen molar-refractivity contribution in [2.24, 2.45) is 11.7 Å². The molecule has 1 saturated heterocycles. The average molecular weight is 377 g/mol. The number of hydrogen-bond donors (Lipinski definition) is 2. The zero-order chi connectivity index (χ0) is 14.0. The Labute approximate surface area is 125 Å². The van der Waals surface area contributed by atoms with Crippen molar-refractivity contribution in [2.45, 2.75) is 19.3 Å². The summed E-state index contributed by atoms with van der Waals surface area (Å²) in [5.74, 6) is -0.161. The van der Waals surface area contributed by atoms with Crippen LogP contribution in [0.3, 0.4) is 0 Å². The largest absolute Gasteiger partial charge is 0.397 e. The Morgan fingerprint density at radius 1 is 1.42 bits per heavy atom. The highest BCUT2D eigenvalue weighted by Gasteiger charge is 2.22. The molecule has 6 heteroatoms. The van der Waals surface area contributed by atoms with Gasteiger partial charge in [0.15, 0.2) is 0 Å². The van der Waals surface area contributed by atoms with Gasteiger partial charge in [-0.25, -0.2) is 4.39 Å². The number of primary amides is 1. The number of carbonyl (C=O) groups is 1. The van der Waals surface area contributed by atoms with Gasteiger partial charge in [0.05, 0.1) is 14.9 Å². The Hall–Kier alpha value is -1.05. The van der Waals surface area contributed by atoms with Crippen molar-refractivity contribution in [3.8, 4) is 0 Å². The average Bonchev–Trinajstić information content (AvgIpc) is 2.34. The van der Waals surface area contributed by atoms with Gasteiger partial charge in [-0.15, -0.1) is 0 Å². The number of carbonyl (C=O) groups excluding carboxylic acids is 1. The molecule has 0 radical (unpaired) electrons. The minimum absolute atomic E-state index is 0.246. The smallest absolute Gasteiger partial charge is 0.217 e. The molecule has 1 aliphatic rings. The normalized spacial score (nSPS) is 16.6. The third kappa shape index (κ3) is 3.49. The number of nitrogens with two attached hydrogens (primary N) is 2. The first-order valence-corrected chi connectivity index (χ1v) is 7.33. The van der Waals surface area contributed by atoms with Crippen LogP contribution in [0.2, 0.25) is 0 Å². The molecule has 19 heavy (non-hydrogen) atoms. The Balaban J connectivity index is 2.05. The predicted octanol–water partition coefficient (Wildman–Crippen LogP) is 2.10. The lowest BCUT2D eigenvalue weighted by Gasteiger charge is -2.34. The van der Waals surface area contributed by atoms with Crippen LogP contribution in [0, 0.1) is 15.3 Å². The van der Waals surface area contributed by atoms with Gasteiger partial charge in [0.25, 0.3) is 0 Å². The quantitative estimate of drug-likeness (QED) is 0.626. The van der Waals surface area contributed by atoms with E-state index in [0.29, 0.717) is 21.6 Å². The van der Waals surface area contributed by atoms with Crippen molar-refractivity contribution in [2.75, 3.05) is 23.7 Å². The molecular formula is C13H17FIN3O. The second-order valence-corrected chi connectivity index (χ2v) is 6.09. The van der Waals surface area contributed by atoms with Crippen molar-refractivity contribution >= 4 is 39.9 Å². The maximum absolute atomic E-state index is 13.6. The lowest BCUT2D eigenvalue weighted by molar-refractivity contribution is -0.119. The summed E-state index contributed by atoms with van der Waals surface area (Å²) >= 11 is 1.93. The summed E-state index contributed by atoms with van der Waals surface area (Å²) < 4.78 is 14.1. The van der Waals surface area contributed by atoms with E-state index in [1.807, 2.05) is 22.6 Å². The van der Waals surface area contributed by atoms with E-state index in [2.05, 4.69) is 4.90 Å². The van der Waals surface area contributed by atoms with Crippen LogP contribution < -0.4 is 16.4 Å². The summed E-state index contributed by atoms with van der Waals surface area (Å²) in [6.45, 7) is 1.56. The Kier molecular flexibility index (Phi) is 4.49. The fraction of sp³-hybridized carbons (Fsp3) is 0.462. The minimum atomic E-state index is -0.252. The number of nitrogen functional groups attached to an aromatic ring is 1. The van der Waals surface area contributed by atoms with Crippen molar-refractivity contribution in [1.82, 2.24) is 0 Å². The topological polar surface area (TPSA) is 72.4 Å². The van der Waals surface area contributed by atoms with Gasteiger partial charge in [-0.05, 0) is 47.4 Å². The molecule has 0 aromatic heterocycles. The number of nitrogens with zero attached hydrogens (tertiary/aromatic N) is 1. The van der Waals surface area contributed by atoms with Crippen molar-refractivity contribution in [3.05, 3.63) is 21.5 Å². The molecule has 0 spiro atoms. The Bertz CT molecular complexity index is 487. The SMILES string of the molecule is NC(=O)CC1CCN(c2cc(F)c(I)cc2N)CC1. The lowest BCUT2D eigenvalue weighted by Crippen LogP contribution is -2.35. The highest BCUT2D eigenvalue weighted by molar-refractivity contribution is 14.1. The molecule has 4 N–H and O–H groups in total. The molecule has 1 fully saturated rings. The monoisotopic (exact) mass is 377 g/mol. The summed E-state index contributed by atoms with van der Waals surface area (Å²) in [6.07, 6.45) is 2.20. The summed E-state index contributed by atoms with van der Waals surface area (Å²) in [7, 11) is 0. The van der Waals surface area contributed by atoms with Gasteiger partial charge >= 0.3 is 0 Å². The van der Waals surface area contributed by atoms with Crippen LogP contribution in [0.1, 0.15) is 19.3 Å². The van der Waals surface area contributed by atoms with E-state index in [4.69, 9.17) is 11.5 Å². The Morgan fingerprint density at radius 2 is 2.05 bits per heavy atom. The number of rotatable bonds is 3. The number of halogens is 2. The van der Waals surface area contributed by atoms with Gasteiger partial charge in [0, 0.05) is 25.6 Å². The van der Waals surface area contributed by atoms with E-state index in [1.54, 1.807) is 6.07 Å². The molecule has 0 aliphatic carbocycles. The number of hydrogen-bond acceptors (Lipinski definition) is 3. The number of piperidine rings is 1. The first kappa shape index (κ1) is 14.4. The van der Waals surface area contributed by atoms with Crippen LogP contribution in [0.25, 0.3) is 0 Å². The molecular weight excluding hydrogens is 360 g/mol. The third-order valence-corrected chi connectivity index (χ3v) is 4.34. The van der Waals surface area contributed by atoms with E-state index in [1.165, 1.54) is 6.07 Å². The van der Waals surface area contributed by atoms with Crippen molar-refractivity contribution in [3.63, 3.8) is 0 Å². The molecule has 2 rings (SSSR count). The van der Waals surface area contributed by atoms with E-state index in [9.17, 15) is 9.18 Å². The summed E-state index contributed by atoms with van der Waals surface area (Å²) in [5.41, 5.74) is 12.5. The van der Waals surface area contributed by atoms with E-state index < -0.39 is 0 Å². The molecule has 1 aromatic rings. The van der Waals surface area contributed by atoms with Crippen LogP contribution in [0.5, 0.6) is 0 Å². The summed E-state index contributed by atoms with van der Waals surface area (Å²) in [5, 5.41) is 0. The molecule has 1 amide bonds. The fourth-order valence-corrected chi connectivity index (χ4v) is 2.98. The molecule has 1 aromatic carbocycles. The maximum atomic E-state index is 13.6. The second-order valence-electron chi connectivity index (χ2n) is 4.93. The van der Waals surface area contributed by atoms with Crippen LogP contribution in [0.4, 0.5) is 15.8 Å². The maximum Gasteiger partial charge on any atom is 0.217 e. The van der Waals surface area contributed by atoms with Gasteiger partial charge in [-0.1, -0.05) is 0 Å². The summed E-state index contributed by atoms with van der Waals surface area (Å²) in [4.78, 5) is 13.0. The predicted molar refractivity (Wildman–Crippen MR) is 82.3 cm³/mol. The first-order chi connectivity index (χ1) is 8.97. The highest BCUT2D eigenvalue weighted by atomic mass is 127. The van der Waals surface area contributed by atoms with Crippen LogP contribution in [-0.4, -0.2) is 19.0 Å². The van der Waals surface area contributed by atoms with Gasteiger partial charge in [0.1, 0.15) is 5.82 Å². The minimum Gasteiger partial charge on any atom is -0.397 e.